The Labute approximate surface area is 188 Å². The maximum Gasteiger partial charge on any atom is 0.252 e. The summed E-state index contributed by atoms with van der Waals surface area (Å²) in [7, 11) is 1.59. The molecule has 8 heteroatoms. The van der Waals surface area contributed by atoms with E-state index in [2.05, 4.69) is 32.2 Å². The van der Waals surface area contributed by atoms with Crippen molar-refractivity contribution in [2.24, 2.45) is 0 Å². The fourth-order valence-corrected chi connectivity index (χ4v) is 4.03. The third kappa shape index (κ3) is 5.31. The monoisotopic (exact) mass is 434 g/mol. The Kier molecular flexibility index (Phi) is 7.11. The number of carbonyl (C=O) groups excluding carboxylic acids is 1. The summed E-state index contributed by atoms with van der Waals surface area (Å²) in [5.41, 5.74) is 2.43. The van der Waals surface area contributed by atoms with Gasteiger partial charge in [0.25, 0.3) is 5.91 Å². The molecule has 3 aromatic heterocycles. The minimum atomic E-state index is -0.0965. The molecule has 0 radical (unpaired) electrons. The molecule has 0 saturated carbocycles. The van der Waals surface area contributed by atoms with Crippen LogP contribution < -0.4 is 10.1 Å². The highest BCUT2D eigenvalue weighted by Gasteiger charge is 2.17. The van der Waals surface area contributed by atoms with E-state index in [0.717, 1.165) is 24.1 Å². The summed E-state index contributed by atoms with van der Waals surface area (Å²) in [6.07, 6.45) is 11.8. The summed E-state index contributed by atoms with van der Waals surface area (Å²) >= 11 is 0. The van der Waals surface area contributed by atoms with Crippen molar-refractivity contribution in [3.63, 3.8) is 0 Å². The number of carbonyl (C=O) groups is 1. The number of hydrogen-bond donors (Lipinski definition) is 1. The first-order valence-corrected chi connectivity index (χ1v) is 11.2. The lowest BCUT2D eigenvalue weighted by Crippen LogP contribution is -2.39. The molecule has 168 valence electrons. The van der Waals surface area contributed by atoms with E-state index < -0.39 is 0 Å². The van der Waals surface area contributed by atoms with Gasteiger partial charge in [-0.1, -0.05) is 6.42 Å². The van der Waals surface area contributed by atoms with Crippen molar-refractivity contribution < 1.29 is 9.53 Å². The van der Waals surface area contributed by atoms with E-state index in [9.17, 15) is 4.79 Å². The van der Waals surface area contributed by atoms with Gasteiger partial charge in [0, 0.05) is 49.4 Å². The molecule has 0 bridgehead atoms. The van der Waals surface area contributed by atoms with Crippen molar-refractivity contribution in [2.45, 2.75) is 38.6 Å². The van der Waals surface area contributed by atoms with Crippen LogP contribution in [0.1, 0.15) is 43.0 Å². The summed E-state index contributed by atoms with van der Waals surface area (Å²) in [5.74, 6) is 1.10. The van der Waals surface area contributed by atoms with E-state index >= 15 is 0 Å². The van der Waals surface area contributed by atoms with Gasteiger partial charge in [-0.25, -0.2) is 14.6 Å². The number of methoxy groups -OCH3 is 1. The first-order valence-electron chi connectivity index (χ1n) is 11.2. The Morgan fingerprint density at radius 3 is 2.88 bits per heavy atom. The Bertz CT molecular complexity index is 1030. The number of piperidine rings is 1. The van der Waals surface area contributed by atoms with Crippen LogP contribution in [0.2, 0.25) is 0 Å². The van der Waals surface area contributed by atoms with Crippen molar-refractivity contribution in [2.75, 3.05) is 26.7 Å². The normalized spacial score (nSPS) is 16.6. The molecule has 0 spiro atoms. The van der Waals surface area contributed by atoms with Crippen LogP contribution in [0.5, 0.6) is 5.88 Å². The molecule has 1 unspecified atom stereocenters. The molecule has 0 aromatic carbocycles. The second kappa shape index (κ2) is 10.4. The average Bonchev–Trinajstić information content (AvgIpc) is 3.33. The Morgan fingerprint density at radius 2 is 2.09 bits per heavy atom. The van der Waals surface area contributed by atoms with Crippen LogP contribution in [0.4, 0.5) is 0 Å². The van der Waals surface area contributed by atoms with Crippen LogP contribution in [0.25, 0.3) is 16.9 Å². The third-order valence-corrected chi connectivity index (χ3v) is 5.95. The predicted molar refractivity (Wildman–Crippen MR) is 123 cm³/mol. The standard InChI is InChI=1S/C24H30N6O2/c1-18-6-3-4-12-29(18)13-5-10-26-24(31)20-7-8-22(27-15-20)30-17-21(16-28-30)19-9-11-25-23(14-19)32-2/h7-9,11,14-18H,3-6,10,12-13H2,1-2H3,(H,26,31). The van der Waals surface area contributed by atoms with E-state index in [-0.39, 0.29) is 5.91 Å². The van der Waals surface area contributed by atoms with Crippen LogP contribution in [-0.4, -0.2) is 63.3 Å². The van der Waals surface area contributed by atoms with Crippen LogP contribution in [0.3, 0.4) is 0 Å². The Hall–Kier alpha value is -3.26. The molecule has 1 saturated heterocycles. The summed E-state index contributed by atoms with van der Waals surface area (Å²) in [4.78, 5) is 23.5. The smallest absolute Gasteiger partial charge is 0.252 e. The molecule has 0 aliphatic carbocycles. The maximum atomic E-state index is 12.5. The second-order valence-corrected chi connectivity index (χ2v) is 8.16. The number of amides is 1. The van der Waals surface area contributed by atoms with Gasteiger partial charge in [-0.05, 0) is 56.5 Å². The highest BCUT2D eigenvalue weighted by atomic mass is 16.5. The molecule has 1 amide bonds. The molecule has 4 heterocycles. The maximum absolute atomic E-state index is 12.5. The number of ether oxygens (including phenoxy) is 1. The van der Waals surface area contributed by atoms with Crippen molar-refractivity contribution >= 4 is 5.91 Å². The zero-order valence-corrected chi connectivity index (χ0v) is 18.7. The largest absolute Gasteiger partial charge is 0.481 e. The predicted octanol–water partition coefficient (Wildman–Crippen LogP) is 3.33. The fourth-order valence-electron chi connectivity index (χ4n) is 4.03. The van der Waals surface area contributed by atoms with Crippen molar-refractivity contribution in [3.8, 4) is 22.8 Å². The molecule has 1 aliphatic heterocycles. The molecular weight excluding hydrogens is 404 g/mol. The van der Waals surface area contributed by atoms with Gasteiger partial charge < -0.3 is 15.0 Å². The van der Waals surface area contributed by atoms with E-state index in [1.54, 1.807) is 42.5 Å². The van der Waals surface area contributed by atoms with Gasteiger partial charge in [0.1, 0.15) is 0 Å². The molecule has 4 rings (SSSR count). The third-order valence-electron chi connectivity index (χ3n) is 5.95. The first kappa shape index (κ1) is 22.0. The number of aromatic nitrogens is 4. The summed E-state index contributed by atoms with van der Waals surface area (Å²) in [5, 5.41) is 7.39. The van der Waals surface area contributed by atoms with E-state index in [0.29, 0.717) is 29.8 Å². The lowest BCUT2D eigenvalue weighted by Gasteiger charge is -2.33. The van der Waals surface area contributed by atoms with E-state index in [1.165, 1.54) is 25.8 Å². The van der Waals surface area contributed by atoms with Gasteiger partial charge in [0.05, 0.1) is 18.9 Å². The first-order chi connectivity index (χ1) is 15.6. The molecule has 8 nitrogen and oxygen atoms in total. The molecule has 32 heavy (non-hydrogen) atoms. The van der Waals surface area contributed by atoms with Crippen LogP contribution in [0, 0.1) is 0 Å². The lowest BCUT2D eigenvalue weighted by atomic mass is 10.0. The quantitative estimate of drug-likeness (QED) is 0.548. The molecule has 1 atom stereocenters. The number of hydrogen-bond acceptors (Lipinski definition) is 6. The summed E-state index contributed by atoms with van der Waals surface area (Å²) in [6.45, 7) is 5.16. The average molecular weight is 435 g/mol. The molecule has 1 aliphatic rings. The number of nitrogens with zero attached hydrogens (tertiary/aromatic N) is 5. The van der Waals surface area contributed by atoms with Crippen LogP contribution in [-0.2, 0) is 0 Å². The van der Waals surface area contributed by atoms with Gasteiger partial charge >= 0.3 is 0 Å². The minimum absolute atomic E-state index is 0.0965. The number of nitrogens with one attached hydrogen (secondary N) is 1. The van der Waals surface area contributed by atoms with E-state index in [4.69, 9.17) is 4.74 Å². The number of pyridine rings is 2. The van der Waals surface area contributed by atoms with Gasteiger partial charge in [-0.15, -0.1) is 0 Å². The van der Waals surface area contributed by atoms with Gasteiger partial charge in [-0.2, -0.15) is 5.10 Å². The van der Waals surface area contributed by atoms with Crippen molar-refractivity contribution in [3.05, 3.63) is 54.6 Å². The van der Waals surface area contributed by atoms with Gasteiger partial charge in [0.15, 0.2) is 5.82 Å². The van der Waals surface area contributed by atoms with Crippen molar-refractivity contribution in [1.82, 2.24) is 30.0 Å². The Balaban J connectivity index is 1.31. The molecule has 1 N–H and O–H groups in total. The molecule has 3 aromatic rings. The zero-order chi connectivity index (χ0) is 22.3. The zero-order valence-electron chi connectivity index (χ0n) is 18.7. The second-order valence-electron chi connectivity index (χ2n) is 8.16. The minimum Gasteiger partial charge on any atom is -0.481 e. The fraction of sp³-hybridized carbons (Fsp3) is 0.417. The Morgan fingerprint density at radius 1 is 1.19 bits per heavy atom. The lowest BCUT2D eigenvalue weighted by molar-refractivity contribution is 0.0948. The van der Waals surface area contributed by atoms with Crippen LogP contribution >= 0.6 is 0 Å². The summed E-state index contributed by atoms with van der Waals surface area (Å²) in [6, 6.07) is 7.99. The number of rotatable bonds is 8. The highest BCUT2D eigenvalue weighted by molar-refractivity contribution is 5.93. The van der Waals surface area contributed by atoms with E-state index in [1.807, 2.05) is 18.3 Å². The molecule has 1 fully saturated rings. The molecular formula is C24H30N6O2. The van der Waals surface area contributed by atoms with Crippen molar-refractivity contribution in [1.29, 1.82) is 0 Å². The topological polar surface area (TPSA) is 85.2 Å². The summed E-state index contributed by atoms with van der Waals surface area (Å²) < 4.78 is 6.87. The van der Waals surface area contributed by atoms with Gasteiger partial charge in [-0.3, -0.25) is 4.79 Å². The SMILES string of the molecule is COc1cc(-c2cnn(-c3ccc(C(=O)NCCCN4CCCCC4C)cn3)c2)ccn1. The van der Waals surface area contributed by atoms with Gasteiger partial charge in [0.2, 0.25) is 5.88 Å². The van der Waals surface area contributed by atoms with Crippen LogP contribution in [0.15, 0.2) is 49.1 Å². The highest BCUT2D eigenvalue weighted by Crippen LogP contribution is 2.22. The number of likely N-dealkylation sites (tertiary alicyclic amines) is 1.